The fourth-order valence-corrected chi connectivity index (χ4v) is 241. The molecular weight excluding hydrogens is 3740 g/mol. The molecule has 828 valence electrons. The van der Waals surface area contributed by atoms with E-state index in [2.05, 4.69) is 0 Å². The minimum atomic E-state index is -0.608. The zero-order valence-corrected chi connectivity index (χ0v) is 145. The van der Waals surface area contributed by atoms with Gasteiger partial charge in [0.15, 0.2) is 22.9 Å². The number of methoxy groups -OCH3 is 2. The largest absolute Gasteiger partial charge is 0.505 e. The number of benzene rings is 5. The highest BCUT2D eigenvalue weighted by molar-refractivity contribution is 8.86. The van der Waals surface area contributed by atoms with E-state index in [4.69, 9.17) is 105 Å². The van der Waals surface area contributed by atoms with Gasteiger partial charge in [-0.15, -0.1) is 0 Å². The van der Waals surface area contributed by atoms with Gasteiger partial charge in [0.1, 0.15) is 6.61 Å². The summed E-state index contributed by atoms with van der Waals surface area (Å²) in [5.74, 6) is -0.761. The molecule has 0 saturated carbocycles. The van der Waals surface area contributed by atoms with Crippen molar-refractivity contribution in [2.45, 2.75) is 19.7 Å². The van der Waals surface area contributed by atoms with Gasteiger partial charge in [-0.3, -0.25) is 0 Å². The Kier molecular flexibility index (Phi) is 123. The standard InChI is InChI=1S/C24H19Cl2NO3.C17H13Cl2NO3.S47.S46/c1-29-24(28)22-23(30-15-17-5-3-2-4-6-17)20-13-19(26)11-12-21(20)27(22)14-16-7-9-18(25)10-8-16;1-23-17(22)15-16(21)13-8-12(19)6-7-14(13)20(15)9-10-2-4-11(18)5-3-10;1-3-5-7-9-11-13-15-17-19-21-23-25-27-29-31-33-35-37-39-41-43-45-47-46-44-42-40-38-36-34-32-30-28-26-24-22-20-18-16-14-12-10-8-6-4-2;1-3-5-7-9-11-13-15-17-19-21-23-25-27-29-31-33-35-37-39-41-43-45-46-44-42-40-38-36-34-32-30-28-26-24-22-20-18-16-14-12-10-8-6-4-2/h2-13H,14-15H2,1H3;2-8,21H,9H2,1H3;;. The fourth-order valence-electron chi connectivity index (χ4n) is 6.92. The number of esters is 2. The first-order valence-corrected chi connectivity index (χ1v) is 154. The van der Waals surface area contributed by atoms with Crippen LogP contribution in [-0.2, 0) is 864 Å². The lowest BCUT2D eigenvalue weighted by atomic mass is 10.2. The topological polar surface area (TPSA) is 91.9 Å². The van der Waals surface area contributed by atoms with Gasteiger partial charge in [0.2, 0.25) is 0 Å². The molecule has 0 spiro atoms. The molecule has 1 N–H and O–H groups in total. The molecule has 0 radical (unpaired) electrons. The molecular formula is C41H32Cl4N2O6S93. The predicted molar refractivity (Wildman–Crippen MR) is 895 cm³/mol. The Morgan fingerprint density at radius 1 is 0.240 bits per heavy atom. The molecule has 146 heavy (non-hydrogen) atoms. The molecule has 105 heteroatoms. The van der Waals surface area contributed by atoms with Gasteiger partial charge in [0.05, 0.1) is 25.3 Å². The fraction of sp³-hybridized carbons (Fsp3) is 0.122. The average Bonchev–Trinajstić information content (AvgIpc) is 1.61. The van der Waals surface area contributed by atoms with Crippen molar-refractivity contribution in [1.29, 1.82) is 0 Å². The van der Waals surface area contributed by atoms with E-state index in [1.807, 2.05) is 625 Å². The molecule has 0 aliphatic carbocycles. The van der Waals surface area contributed by atoms with Crippen LogP contribution in [0.25, 0.3) is 21.8 Å². The second-order valence-corrected chi connectivity index (χ2v) is 177. The van der Waals surface area contributed by atoms with Crippen LogP contribution in [0.2, 0.25) is 20.1 Å². The Bertz CT molecular complexity index is 10300. The third kappa shape index (κ3) is 87.8. The van der Waals surface area contributed by atoms with Crippen molar-refractivity contribution in [2.24, 2.45) is 0 Å². The normalized spacial score (nSPS) is 8.89. The maximum Gasteiger partial charge on any atom is 0.358 e. The van der Waals surface area contributed by atoms with Crippen LogP contribution in [0.1, 0.15) is 37.7 Å². The van der Waals surface area contributed by atoms with Crippen molar-refractivity contribution in [3.05, 3.63) is 163 Å². The molecule has 0 unspecified atom stereocenters. The summed E-state index contributed by atoms with van der Waals surface area (Å²) < 4.78 is 19.6. The van der Waals surface area contributed by atoms with Crippen LogP contribution >= 0.6 is 46.4 Å². The van der Waals surface area contributed by atoms with Crippen molar-refractivity contribution in [3.63, 3.8) is 0 Å². The smallest absolute Gasteiger partial charge is 0.358 e. The Balaban J connectivity index is 0.000000418. The molecule has 7 aromatic rings. The molecule has 8 nitrogen and oxygen atoms in total. The first-order chi connectivity index (χ1) is 71.9. The Morgan fingerprint density at radius 3 is 0.637 bits per heavy atom. The average molecular weight is 3770 g/mol. The number of rotatable bonds is 9. The maximum atomic E-state index is 12.8. The van der Waals surface area contributed by atoms with Crippen molar-refractivity contribution < 1.29 is 28.9 Å². The van der Waals surface area contributed by atoms with E-state index < -0.39 is 11.9 Å². The highest BCUT2D eigenvalue weighted by atomic mass is 35.5. The lowest BCUT2D eigenvalue weighted by Gasteiger charge is -2.11. The van der Waals surface area contributed by atoms with Crippen LogP contribution < -0.4 is 4.74 Å². The molecule has 0 bridgehead atoms. The second-order valence-electron chi connectivity index (χ2n) is 17.9. The maximum absolute atomic E-state index is 12.8. The molecule has 2 heterocycles. The molecule has 7 rings (SSSR count). The van der Waals surface area contributed by atoms with Gasteiger partial charge in [-0.2, -0.15) is 0 Å². The van der Waals surface area contributed by atoms with E-state index in [1.54, 1.807) is 254 Å². The lowest BCUT2D eigenvalue weighted by Crippen LogP contribution is -2.13. The number of ether oxygens (including phenoxy) is 3. The SMILES string of the molecule is COC(=O)c1c(O)c2cc(Cl)ccc2n1Cc1ccc(Cl)cc1.COC(=O)c1c(OCc2ccccc2)c2cc(Cl)ccc2n1Cc1ccc(Cl)cc1.S=S=S=S=S=S=S=S=S=S=S=S=S=S=S=S=S=S=S=S=S=S=S=S=S=S=S=S=S=S=S=S=S=S=S=S=S=S=S=S=S=S=S=S=S=S.S=S=S=S=S=S=S=S=S=S=S=S=S=S=S=S=S=S=S=S=S=S=S=S=S=S=S=S=S=S=S=S=S=S=S=S=S=S=S=S=S=S=S=S=S=S=S. The second kappa shape index (κ2) is 117. The molecule has 0 amide bonds. The molecule has 0 aliphatic heterocycles. The van der Waals surface area contributed by atoms with Gasteiger partial charge in [0.25, 0.3) is 0 Å². The van der Waals surface area contributed by atoms with Crippen LogP contribution in [0.3, 0.4) is 0 Å². The van der Waals surface area contributed by atoms with E-state index >= 15 is 0 Å². The summed E-state index contributed by atoms with van der Waals surface area (Å²) in [5.41, 5.74) is 4.90. The van der Waals surface area contributed by atoms with Crippen LogP contribution in [0.15, 0.2) is 115 Å². The predicted octanol–water partition coefficient (Wildman–Crippen LogP) is 10.6. The number of nitrogens with zero attached hydrogens (tertiary/aromatic N) is 2. The summed E-state index contributed by atoms with van der Waals surface area (Å²) in [5, 5.41) is 14.0. The zero-order chi connectivity index (χ0) is 105. The molecule has 0 atom stereocenters. The third-order valence-electron chi connectivity index (χ3n) is 10.9. The summed E-state index contributed by atoms with van der Waals surface area (Å²) >= 11 is 43.4. The number of hydrogen-bond acceptors (Lipinski definition) is 10. The van der Waals surface area contributed by atoms with Gasteiger partial charge >= 0.3 is 11.9 Å². The van der Waals surface area contributed by atoms with Crippen molar-refractivity contribution in [2.75, 3.05) is 14.2 Å². The minimum absolute atomic E-state index is 0.0970. The van der Waals surface area contributed by atoms with E-state index in [0.29, 0.717) is 62.1 Å². The van der Waals surface area contributed by atoms with Crippen LogP contribution in [0, 0.1) is 0 Å². The number of carbonyl (C=O) groups excluding carboxylic acids is 2. The zero-order valence-electron chi connectivity index (χ0n) is 66.5. The molecule has 2 aromatic heterocycles. The van der Waals surface area contributed by atoms with Crippen molar-refractivity contribution in [1.82, 2.24) is 9.13 Å². The van der Waals surface area contributed by atoms with Gasteiger partial charge in [-0.05, 0) is 77.4 Å². The summed E-state index contributed by atoms with van der Waals surface area (Å²) in [7, 11) is 161. The van der Waals surface area contributed by atoms with E-state index in [0.717, 1.165) is 27.6 Å². The van der Waals surface area contributed by atoms with Crippen LogP contribution in [-0.4, -0.2) is 40.4 Å². The number of aromatic nitrogens is 2. The summed E-state index contributed by atoms with van der Waals surface area (Å²) in [6.45, 7) is 1.16. The number of carbonyl (C=O) groups is 2. The number of fused-ring (bicyclic) bond motifs is 2. The van der Waals surface area contributed by atoms with Gasteiger partial charge in [-0.1, -0.05) is 101 Å². The minimum Gasteiger partial charge on any atom is -0.505 e. The third-order valence-corrected chi connectivity index (χ3v) is 205. The Hall–Kier alpha value is 15.3. The first-order valence-electron chi connectivity index (χ1n) is 31.4. The summed E-state index contributed by atoms with van der Waals surface area (Å²) in [6, 6.07) is 35.1. The van der Waals surface area contributed by atoms with Crippen molar-refractivity contribution >= 4 is 915 Å². The summed E-state index contributed by atoms with van der Waals surface area (Å²) in [4.78, 5) is 24.9. The Labute approximate surface area is 1130 Å². The van der Waals surface area contributed by atoms with Crippen molar-refractivity contribution in [3.8, 4) is 11.5 Å². The van der Waals surface area contributed by atoms with Crippen LogP contribution in [0.5, 0.6) is 11.5 Å². The molecule has 0 fully saturated rings. The molecule has 0 aliphatic rings. The number of hydrogen-bond donors (Lipinski definition) is 1. The van der Waals surface area contributed by atoms with Crippen LogP contribution in [0.4, 0.5) is 0 Å². The number of aromatic hydroxyl groups is 1. The van der Waals surface area contributed by atoms with Gasteiger partial charge < -0.3 is 28.5 Å². The highest BCUT2D eigenvalue weighted by Gasteiger charge is 2.27. The summed E-state index contributed by atoms with van der Waals surface area (Å²) in [6.07, 6.45) is 0. The lowest BCUT2D eigenvalue weighted by molar-refractivity contribution is 0.0576. The monoisotopic (exact) mass is 3760 g/mol. The van der Waals surface area contributed by atoms with Gasteiger partial charge in [-0.25, -0.2) is 9.59 Å². The molecule has 0 saturated heterocycles. The van der Waals surface area contributed by atoms with E-state index in [9.17, 15) is 14.7 Å². The molecule has 5 aromatic carbocycles. The Morgan fingerprint density at radius 2 is 0.425 bits per heavy atom. The quantitative estimate of drug-likeness (QED) is 0.141. The highest BCUT2D eigenvalue weighted by Crippen LogP contribution is 2.38. The number of halogens is 4. The van der Waals surface area contributed by atoms with E-state index in [-0.39, 0.29) is 11.4 Å². The van der Waals surface area contributed by atoms with Gasteiger partial charge in [0, 0.05) is 879 Å². The first kappa shape index (κ1) is 154. The van der Waals surface area contributed by atoms with E-state index in [1.165, 1.54) is 49.7 Å².